The molecule has 0 saturated carbocycles. The van der Waals surface area contributed by atoms with Gasteiger partial charge in [0.2, 0.25) is 5.24 Å². The monoisotopic (exact) mass is 164 g/mol. The second kappa shape index (κ2) is 4.28. The van der Waals surface area contributed by atoms with Gasteiger partial charge in [-0.05, 0) is 18.0 Å². The van der Waals surface area contributed by atoms with Gasteiger partial charge in [-0.1, -0.05) is 6.92 Å². The molecule has 0 aliphatic heterocycles. The number of aliphatic carboxylic acids is 1. The van der Waals surface area contributed by atoms with Crippen LogP contribution in [-0.2, 0) is 9.59 Å². The Morgan fingerprint density at radius 2 is 2.10 bits per heavy atom. The zero-order chi connectivity index (χ0) is 8.15. The molecule has 3 nitrogen and oxygen atoms in total. The van der Waals surface area contributed by atoms with Crippen molar-refractivity contribution in [3.8, 4) is 0 Å². The van der Waals surface area contributed by atoms with E-state index in [4.69, 9.17) is 16.7 Å². The first-order valence-corrected chi connectivity index (χ1v) is 3.33. The largest absolute Gasteiger partial charge is 0.481 e. The van der Waals surface area contributed by atoms with Gasteiger partial charge < -0.3 is 5.11 Å². The van der Waals surface area contributed by atoms with Crippen LogP contribution in [0.3, 0.4) is 0 Å². The van der Waals surface area contributed by atoms with Crippen LogP contribution in [0.15, 0.2) is 0 Å². The van der Waals surface area contributed by atoms with Crippen LogP contribution in [0.4, 0.5) is 0 Å². The Labute approximate surface area is 64.0 Å². The third-order valence-corrected chi connectivity index (χ3v) is 1.55. The molecule has 0 amide bonds. The van der Waals surface area contributed by atoms with Gasteiger partial charge in [-0.2, -0.15) is 0 Å². The summed E-state index contributed by atoms with van der Waals surface area (Å²) in [6, 6.07) is 0. The van der Waals surface area contributed by atoms with Crippen molar-refractivity contribution in [3.63, 3.8) is 0 Å². The Bertz CT molecular complexity index is 144. The Morgan fingerprint density at radius 3 is 2.40 bits per heavy atom. The lowest BCUT2D eigenvalue weighted by molar-refractivity contribution is -0.137. The van der Waals surface area contributed by atoms with E-state index in [1.54, 1.807) is 6.92 Å². The summed E-state index contributed by atoms with van der Waals surface area (Å²) in [5.74, 6) is -1.25. The maximum absolute atomic E-state index is 10.3. The lowest BCUT2D eigenvalue weighted by Crippen LogP contribution is -2.06. The van der Waals surface area contributed by atoms with Crippen molar-refractivity contribution in [2.24, 2.45) is 5.92 Å². The van der Waals surface area contributed by atoms with Gasteiger partial charge in [-0.25, -0.2) is 0 Å². The molecule has 0 radical (unpaired) electrons. The normalized spacial score (nSPS) is 12.6. The Kier molecular flexibility index (Phi) is 4.03. The van der Waals surface area contributed by atoms with Crippen LogP contribution >= 0.6 is 11.6 Å². The lowest BCUT2D eigenvalue weighted by atomic mass is 10.1. The number of halogens is 1. The molecule has 0 aromatic rings. The van der Waals surface area contributed by atoms with Gasteiger partial charge in [0.25, 0.3) is 0 Å². The highest BCUT2D eigenvalue weighted by molar-refractivity contribution is 6.63. The van der Waals surface area contributed by atoms with E-state index >= 15 is 0 Å². The number of carbonyl (C=O) groups excluding carboxylic acids is 1. The van der Waals surface area contributed by atoms with Crippen molar-refractivity contribution in [2.45, 2.75) is 19.8 Å². The van der Waals surface area contributed by atoms with E-state index in [1.165, 1.54) is 0 Å². The molecule has 0 rings (SSSR count). The average molecular weight is 165 g/mol. The first-order valence-electron chi connectivity index (χ1n) is 2.95. The maximum atomic E-state index is 10.3. The SMILES string of the molecule is CC(CCC(=O)O)C(=O)Cl. The quantitative estimate of drug-likeness (QED) is 0.637. The molecule has 0 aromatic carbocycles. The minimum Gasteiger partial charge on any atom is -0.481 e. The molecule has 0 spiro atoms. The molecule has 1 atom stereocenters. The second-order valence-corrected chi connectivity index (χ2v) is 2.51. The first-order chi connectivity index (χ1) is 4.54. The summed E-state index contributed by atoms with van der Waals surface area (Å²) in [7, 11) is 0. The molecular formula is C6H9ClO3. The number of hydrogen-bond donors (Lipinski definition) is 1. The minimum atomic E-state index is -0.898. The van der Waals surface area contributed by atoms with Gasteiger partial charge >= 0.3 is 5.97 Å². The van der Waals surface area contributed by atoms with Gasteiger partial charge in [0, 0.05) is 12.3 Å². The predicted octanol–water partition coefficient (Wildman–Crippen LogP) is 1.25. The molecule has 0 bridgehead atoms. The van der Waals surface area contributed by atoms with Crippen LogP contribution in [-0.4, -0.2) is 16.3 Å². The molecule has 4 heteroatoms. The summed E-state index contributed by atoms with van der Waals surface area (Å²) >= 11 is 5.08. The van der Waals surface area contributed by atoms with Gasteiger partial charge in [0.15, 0.2) is 0 Å². The summed E-state index contributed by atoms with van der Waals surface area (Å²) in [5, 5.41) is 7.72. The zero-order valence-corrected chi connectivity index (χ0v) is 6.39. The summed E-state index contributed by atoms with van der Waals surface area (Å²) in [5.41, 5.74) is 0. The van der Waals surface area contributed by atoms with Crippen molar-refractivity contribution in [2.75, 3.05) is 0 Å². The van der Waals surface area contributed by atoms with Gasteiger partial charge in [-0.15, -0.1) is 0 Å². The molecule has 0 saturated heterocycles. The topological polar surface area (TPSA) is 54.4 Å². The van der Waals surface area contributed by atoms with E-state index in [2.05, 4.69) is 0 Å². The molecule has 10 heavy (non-hydrogen) atoms. The molecular weight excluding hydrogens is 156 g/mol. The van der Waals surface area contributed by atoms with E-state index in [0.717, 1.165) is 0 Å². The van der Waals surface area contributed by atoms with Crippen LogP contribution in [0, 0.1) is 5.92 Å². The highest BCUT2D eigenvalue weighted by Gasteiger charge is 2.10. The van der Waals surface area contributed by atoms with E-state index in [1.807, 2.05) is 0 Å². The number of carbonyl (C=O) groups is 2. The van der Waals surface area contributed by atoms with E-state index in [0.29, 0.717) is 6.42 Å². The predicted molar refractivity (Wildman–Crippen MR) is 36.9 cm³/mol. The summed E-state index contributed by atoms with van der Waals surface area (Å²) in [4.78, 5) is 20.3. The number of hydrogen-bond acceptors (Lipinski definition) is 2. The minimum absolute atomic E-state index is 0.000370. The summed E-state index contributed by atoms with van der Waals surface area (Å²) in [6.45, 7) is 1.61. The fourth-order valence-corrected chi connectivity index (χ4v) is 0.563. The third-order valence-electron chi connectivity index (χ3n) is 1.18. The van der Waals surface area contributed by atoms with Crippen LogP contribution in [0.2, 0.25) is 0 Å². The third kappa shape index (κ3) is 4.32. The lowest BCUT2D eigenvalue weighted by Gasteiger charge is -2.00. The maximum Gasteiger partial charge on any atom is 0.303 e. The molecule has 0 aromatic heterocycles. The average Bonchev–Trinajstić information content (AvgIpc) is 1.82. The van der Waals surface area contributed by atoms with Crippen LogP contribution in [0.5, 0.6) is 0 Å². The Balaban J connectivity index is 3.49. The van der Waals surface area contributed by atoms with Crippen LogP contribution in [0.1, 0.15) is 19.8 Å². The van der Waals surface area contributed by atoms with Gasteiger partial charge in [0.1, 0.15) is 0 Å². The molecule has 0 aliphatic rings. The molecule has 0 aliphatic carbocycles. The smallest absolute Gasteiger partial charge is 0.303 e. The molecule has 0 heterocycles. The number of carboxylic acids is 1. The molecule has 0 fully saturated rings. The molecule has 1 unspecified atom stereocenters. The highest BCUT2D eigenvalue weighted by Crippen LogP contribution is 2.08. The standard InChI is InChI=1S/C6H9ClO3/c1-4(6(7)10)2-3-5(8)9/h4H,2-3H2,1H3,(H,8,9). The summed E-state index contributed by atoms with van der Waals surface area (Å²) < 4.78 is 0. The van der Waals surface area contributed by atoms with Crippen molar-refractivity contribution in [1.82, 2.24) is 0 Å². The molecule has 1 N–H and O–H groups in total. The highest BCUT2D eigenvalue weighted by atomic mass is 35.5. The zero-order valence-electron chi connectivity index (χ0n) is 5.63. The fourth-order valence-electron chi connectivity index (χ4n) is 0.453. The van der Waals surface area contributed by atoms with Crippen LogP contribution in [0.25, 0.3) is 0 Å². The van der Waals surface area contributed by atoms with Crippen LogP contribution < -0.4 is 0 Å². The Morgan fingerprint density at radius 1 is 1.60 bits per heavy atom. The molecule has 58 valence electrons. The van der Waals surface area contributed by atoms with Crippen molar-refractivity contribution in [3.05, 3.63) is 0 Å². The number of carboxylic acid groups (broad SMARTS) is 1. The van der Waals surface area contributed by atoms with Crippen molar-refractivity contribution < 1.29 is 14.7 Å². The summed E-state index contributed by atoms with van der Waals surface area (Å²) in [6.07, 6.45) is 0.317. The van der Waals surface area contributed by atoms with Crippen molar-refractivity contribution in [1.29, 1.82) is 0 Å². The van der Waals surface area contributed by atoms with Crippen molar-refractivity contribution >= 4 is 22.8 Å². The van der Waals surface area contributed by atoms with Gasteiger partial charge in [-0.3, -0.25) is 9.59 Å². The number of rotatable bonds is 4. The first kappa shape index (κ1) is 9.43. The fraction of sp³-hybridized carbons (Fsp3) is 0.667. The van der Waals surface area contributed by atoms with E-state index in [-0.39, 0.29) is 12.3 Å². The van der Waals surface area contributed by atoms with Gasteiger partial charge in [0.05, 0.1) is 0 Å². The Hall–Kier alpha value is -0.570. The second-order valence-electron chi connectivity index (χ2n) is 2.14. The van der Waals surface area contributed by atoms with E-state index in [9.17, 15) is 9.59 Å². The van der Waals surface area contributed by atoms with E-state index < -0.39 is 11.2 Å².